The zero-order chi connectivity index (χ0) is 5.15. The molecule has 0 aliphatic carbocycles. The van der Waals surface area contributed by atoms with Gasteiger partial charge in [-0.15, -0.1) is 0 Å². The SMILES string of the molecule is [B]N(C)B(C)C. The predicted molar refractivity (Wildman–Crippen MR) is 31.0 cm³/mol. The van der Waals surface area contributed by atoms with Crippen molar-refractivity contribution in [2.24, 2.45) is 0 Å². The zero-order valence-electron chi connectivity index (χ0n) is 4.60. The first-order chi connectivity index (χ1) is 2.64. The molecule has 2 radical (unpaired) electrons. The molecule has 0 aliphatic rings. The van der Waals surface area contributed by atoms with Gasteiger partial charge in [-0.05, 0) is 7.05 Å². The van der Waals surface area contributed by atoms with E-state index in [9.17, 15) is 0 Å². The Morgan fingerprint density at radius 1 is 1.50 bits per heavy atom. The van der Waals surface area contributed by atoms with Gasteiger partial charge in [-0.25, -0.2) is 0 Å². The summed E-state index contributed by atoms with van der Waals surface area (Å²) >= 11 is 0. The molecule has 0 spiro atoms. The highest BCUT2D eigenvalue weighted by atomic mass is 14.9. The summed E-state index contributed by atoms with van der Waals surface area (Å²) in [7, 11) is 7.12. The molecule has 1 nitrogen and oxygen atoms in total. The van der Waals surface area contributed by atoms with Gasteiger partial charge in [-0.1, -0.05) is 13.6 Å². The highest BCUT2D eigenvalue weighted by molar-refractivity contribution is 6.58. The summed E-state index contributed by atoms with van der Waals surface area (Å²) in [6.45, 7) is 4.55. The summed E-state index contributed by atoms with van der Waals surface area (Å²) in [6.07, 6.45) is 0. The Hall–Kier alpha value is 0.0899. The molecule has 0 saturated heterocycles. The van der Waals surface area contributed by atoms with Crippen molar-refractivity contribution in [2.75, 3.05) is 7.05 Å². The molecule has 0 heterocycles. The van der Waals surface area contributed by atoms with Crippen LogP contribution in [0.25, 0.3) is 0 Å². The molecule has 6 heavy (non-hydrogen) atoms. The monoisotopic (exact) mass is 81.1 g/mol. The van der Waals surface area contributed by atoms with Gasteiger partial charge in [-0.3, -0.25) is 0 Å². The first kappa shape index (κ1) is 6.09. The van der Waals surface area contributed by atoms with E-state index >= 15 is 0 Å². The molecule has 0 N–H and O–H groups in total. The molecular weight excluding hydrogens is 71.7 g/mol. The maximum atomic E-state index is 5.27. The number of hydrogen-bond donors (Lipinski definition) is 0. The van der Waals surface area contributed by atoms with Gasteiger partial charge in [0.1, 0.15) is 0 Å². The van der Waals surface area contributed by atoms with Gasteiger partial charge in [-0.2, -0.15) is 0 Å². The van der Waals surface area contributed by atoms with Gasteiger partial charge < -0.3 is 4.72 Å². The number of rotatable bonds is 1. The van der Waals surface area contributed by atoms with Crippen LogP contribution in [-0.4, -0.2) is 26.6 Å². The second kappa shape index (κ2) is 2.30. The fourth-order valence-corrected chi connectivity index (χ4v) is 0. The van der Waals surface area contributed by atoms with Gasteiger partial charge in [0.2, 0.25) is 6.85 Å². The molecule has 0 aromatic heterocycles. The van der Waals surface area contributed by atoms with E-state index in [0.717, 1.165) is 0 Å². The molecule has 0 bridgehead atoms. The van der Waals surface area contributed by atoms with Crippen LogP contribution in [0.15, 0.2) is 0 Å². The maximum absolute atomic E-state index is 5.27. The van der Waals surface area contributed by atoms with Crippen molar-refractivity contribution >= 4 is 14.8 Å². The standard InChI is InChI=1S/C3H9B2N/c1-5(2)6(3)4/h1-3H3. The zero-order valence-corrected chi connectivity index (χ0v) is 4.60. The maximum Gasteiger partial charge on any atom is 0.204 e. The van der Waals surface area contributed by atoms with Crippen LogP contribution in [0, 0.1) is 0 Å². The Kier molecular flexibility index (Phi) is 2.33. The molecular formula is C3H9B2N. The smallest absolute Gasteiger partial charge is 0.204 e. The van der Waals surface area contributed by atoms with Crippen molar-refractivity contribution in [2.45, 2.75) is 13.6 Å². The Morgan fingerprint density at radius 3 is 1.67 bits per heavy atom. The van der Waals surface area contributed by atoms with Gasteiger partial charge in [0.25, 0.3) is 0 Å². The van der Waals surface area contributed by atoms with Crippen molar-refractivity contribution in [3.63, 3.8) is 0 Å². The third-order valence-corrected chi connectivity index (χ3v) is 0.815. The van der Waals surface area contributed by atoms with Crippen molar-refractivity contribution in [1.29, 1.82) is 0 Å². The van der Waals surface area contributed by atoms with E-state index in [-0.39, 0.29) is 0 Å². The van der Waals surface area contributed by atoms with Crippen LogP contribution >= 0.6 is 0 Å². The average Bonchev–Trinajstić information content (AvgIpc) is 1.36. The molecule has 0 fully saturated rings. The fourth-order valence-electron chi connectivity index (χ4n) is 0. The minimum absolute atomic E-state index is 0.463. The summed E-state index contributed by atoms with van der Waals surface area (Å²) in [5.41, 5.74) is 0. The molecule has 0 amide bonds. The lowest BCUT2D eigenvalue weighted by Crippen LogP contribution is -2.26. The van der Waals surface area contributed by atoms with Crippen LogP contribution in [0.5, 0.6) is 0 Å². The second-order valence-corrected chi connectivity index (χ2v) is 1.76. The van der Waals surface area contributed by atoms with E-state index in [1.54, 1.807) is 4.72 Å². The van der Waals surface area contributed by atoms with Crippen LogP contribution in [0.4, 0.5) is 0 Å². The van der Waals surface area contributed by atoms with Crippen LogP contribution in [-0.2, 0) is 0 Å². The Bertz CT molecular complexity index is 29.8. The molecule has 0 aliphatic heterocycles. The van der Waals surface area contributed by atoms with E-state index in [4.69, 9.17) is 7.98 Å². The second-order valence-electron chi connectivity index (χ2n) is 1.76. The topological polar surface area (TPSA) is 3.24 Å². The van der Waals surface area contributed by atoms with Crippen LogP contribution < -0.4 is 0 Å². The lowest BCUT2D eigenvalue weighted by molar-refractivity contribution is 0.849. The summed E-state index contributed by atoms with van der Waals surface area (Å²) in [5.74, 6) is 0. The van der Waals surface area contributed by atoms with Crippen molar-refractivity contribution in [3.8, 4) is 0 Å². The van der Waals surface area contributed by atoms with E-state index in [2.05, 4.69) is 0 Å². The van der Waals surface area contributed by atoms with Crippen LogP contribution in [0.3, 0.4) is 0 Å². The predicted octanol–water partition coefficient (Wildman–Crippen LogP) is 0.253. The van der Waals surface area contributed by atoms with E-state index in [0.29, 0.717) is 6.85 Å². The van der Waals surface area contributed by atoms with Crippen molar-refractivity contribution < 1.29 is 0 Å². The van der Waals surface area contributed by atoms with Crippen molar-refractivity contribution in [1.82, 2.24) is 4.72 Å². The first-order valence-corrected chi connectivity index (χ1v) is 2.12. The Labute approximate surface area is 41.2 Å². The minimum Gasteiger partial charge on any atom is -0.397 e. The first-order valence-electron chi connectivity index (χ1n) is 2.12. The Morgan fingerprint density at radius 2 is 1.67 bits per heavy atom. The number of nitrogens with zero attached hydrogens (tertiary/aromatic N) is 1. The fraction of sp³-hybridized carbons (Fsp3) is 1.00. The largest absolute Gasteiger partial charge is 0.397 e. The molecule has 0 atom stereocenters. The molecule has 0 saturated carbocycles. The van der Waals surface area contributed by atoms with Gasteiger partial charge in [0.05, 0.1) is 0 Å². The third-order valence-electron chi connectivity index (χ3n) is 0.815. The summed E-state index contributed by atoms with van der Waals surface area (Å²) < 4.78 is 1.67. The van der Waals surface area contributed by atoms with E-state index in [1.807, 2.05) is 20.7 Å². The lowest BCUT2D eigenvalue weighted by Gasteiger charge is -2.09. The molecule has 32 valence electrons. The summed E-state index contributed by atoms with van der Waals surface area (Å²) in [5, 5.41) is 0. The molecule has 0 rings (SSSR count). The Balaban J connectivity index is 2.99. The summed E-state index contributed by atoms with van der Waals surface area (Å²) in [6, 6.07) is 0. The van der Waals surface area contributed by atoms with E-state index in [1.165, 1.54) is 0 Å². The molecule has 3 heteroatoms. The van der Waals surface area contributed by atoms with Gasteiger partial charge in [0, 0.05) is 0 Å². The average molecular weight is 80.7 g/mol. The molecule has 0 unspecified atom stereocenters. The third kappa shape index (κ3) is 2.33. The van der Waals surface area contributed by atoms with Crippen LogP contribution in [0.1, 0.15) is 0 Å². The highest BCUT2D eigenvalue weighted by Crippen LogP contribution is 1.78. The normalized spacial score (nSPS) is 9.33. The molecule has 0 aromatic carbocycles. The lowest BCUT2D eigenvalue weighted by atomic mass is 9.64. The summed E-state index contributed by atoms with van der Waals surface area (Å²) in [4.78, 5) is 0. The number of hydrogen-bond acceptors (Lipinski definition) is 1. The van der Waals surface area contributed by atoms with Gasteiger partial charge in [0.15, 0.2) is 7.98 Å². The van der Waals surface area contributed by atoms with Crippen LogP contribution in [0.2, 0.25) is 13.6 Å². The van der Waals surface area contributed by atoms with Gasteiger partial charge >= 0.3 is 0 Å². The minimum atomic E-state index is 0.463. The van der Waals surface area contributed by atoms with E-state index < -0.39 is 0 Å². The quantitative estimate of drug-likeness (QED) is 0.409. The highest BCUT2D eigenvalue weighted by Gasteiger charge is 1.96. The van der Waals surface area contributed by atoms with Crippen molar-refractivity contribution in [3.05, 3.63) is 0 Å². The molecule has 0 aromatic rings.